The molecule has 0 bridgehead atoms. The van der Waals surface area contributed by atoms with Crippen LogP contribution in [0.5, 0.6) is 5.75 Å². The molecule has 1 amide bonds. The van der Waals surface area contributed by atoms with E-state index in [-0.39, 0.29) is 11.3 Å². The van der Waals surface area contributed by atoms with E-state index in [2.05, 4.69) is 12.2 Å². The molecule has 1 aliphatic rings. The van der Waals surface area contributed by atoms with Crippen LogP contribution in [0, 0.1) is 5.41 Å². The van der Waals surface area contributed by atoms with Crippen LogP contribution in [-0.4, -0.2) is 19.6 Å². The van der Waals surface area contributed by atoms with Gasteiger partial charge >= 0.3 is 0 Å². The van der Waals surface area contributed by atoms with E-state index < -0.39 is 0 Å². The zero-order chi connectivity index (χ0) is 14.6. The zero-order valence-corrected chi connectivity index (χ0v) is 12.4. The number of carbonyl (C=O) groups is 1. The molecule has 1 saturated carbocycles. The summed E-state index contributed by atoms with van der Waals surface area (Å²) >= 11 is 0. The molecule has 110 valence electrons. The van der Waals surface area contributed by atoms with Crippen LogP contribution < -0.4 is 15.8 Å². The quantitative estimate of drug-likeness (QED) is 0.813. The fourth-order valence-electron chi connectivity index (χ4n) is 3.04. The van der Waals surface area contributed by atoms with Crippen molar-refractivity contribution in [3.8, 4) is 5.75 Å². The van der Waals surface area contributed by atoms with Gasteiger partial charge in [0.1, 0.15) is 5.75 Å². The van der Waals surface area contributed by atoms with Crippen LogP contribution in [0.1, 0.15) is 49.4 Å². The van der Waals surface area contributed by atoms with Gasteiger partial charge in [0.25, 0.3) is 5.91 Å². The molecule has 0 saturated heterocycles. The lowest BCUT2D eigenvalue weighted by Gasteiger charge is -2.27. The number of ether oxygens (including phenoxy) is 1. The normalized spacial score (nSPS) is 16.9. The third-order valence-corrected chi connectivity index (χ3v) is 4.51. The molecule has 0 heterocycles. The number of hydrogen-bond acceptors (Lipinski definition) is 3. The molecule has 0 aliphatic heterocycles. The van der Waals surface area contributed by atoms with Crippen molar-refractivity contribution in [3.63, 3.8) is 0 Å². The van der Waals surface area contributed by atoms with Crippen LogP contribution in [0.25, 0.3) is 0 Å². The molecule has 4 nitrogen and oxygen atoms in total. The number of nitrogens with two attached hydrogens (primary N) is 1. The Morgan fingerprint density at radius 1 is 1.40 bits per heavy atom. The number of nitrogen functional groups attached to an aromatic ring is 1. The molecule has 1 aromatic carbocycles. The Bertz CT molecular complexity index is 479. The molecular formula is C16H24N2O2. The van der Waals surface area contributed by atoms with Gasteiger partial charge in [0.05, 0.1) is 12.7 Å². The summed E-state index contributed by atoms with van der Waals surface area (Å²) in [5.41, 5.74) is 7.14. The maximum atomic E-state index is 12.3. The molecule has 20 heavy (non-hydrogen) atoms. The van der Waals surface area contributed by atoms with Gasteiger partial charge in [-0.2, -0.15) is 0 Å². The average molecular weight is 276 g/mol. The van der Waals surface area contributed by atoms with Crippen molar-refractivity contribution in [1.82, 2.24) is 5.32 Å². The number of methoxy groups -OCH3 is 1. The lowest BCUT2D eigenvalue weighted by atomic mass is 9.83. The number of benzene rings is 1. The molecule has 1 aromatic rings. The van der Waals surface area contributed by atoms with Gasteiger partial charge in [-0.15, -0.1) is 0 Å². The highest BCUT2D eigenvalue weighted by molar-refractivity contribution is 5.97. The third-order valence-electron chi connectivity index (χ3n) is 4.51. The van der Waals surface area contributed by atoms with Crippen molar-refractivity contribution < 1.29 is 9.53 Å². The fraction of sp³-hybridized carbons (Fsp3) is 0.562. The molecule has 1 aliphatic carbocycles. The Morgan fingerprint density at radius 2 is 2.10 bits per heavy atom. The monoisotopic (exact) mass is 276 g/mol. The number of rotatable bonds is 5. The third kappa shape index (κ3) is 3.06. The molecule has 4 heteroatoms. The van der Waals surface area contributed by atoms with Gasteiger partial charge in [-0.3, -0.25) is 4.79 Å². The predicted molar refractivity (Wildman–Crippen MR) is 80.9 cm³/mol. The molecule has 3 N–H and O–H groups in total. The maximum Gasteiger partial charge on any atom is 0.255 e. The Balaban J connectivity index is 2.05. The minimum atomic E-state index is -0.0819. The molecule has 0 unspecified atom stereocenters. The van der Waals surface area contributed by atoms with E-state index in [0.29, 0.717) is 17.0 Å². The summed E-state index contributed by atoms with van der Waals surface area (Å²) in [5.74, 6) is 0.445. The summed E-state index contributed by atoms with van der Waals surface area (Å²) in [4.78, 5) is 12.3. The van der Waals surface area contributed by atoms with Crippen molar-refractivity contribution in [3.05, 3.63) is 23.8 Å². The number of nitrogens with one attached hydrogen (secondary N) is 1. The second-order valence-electron chi connectivity index (χ2n) is 5.70. The van der Waals surface area contributed by atoms with E-state index in [1.165, 1.54) is 25.7 Å². The molecule has 2 rings (SSSR count). The molecule has 1 fully saturated rings. The highest BCUT2D eigenvalue weighted by Crippen LogP contribution is 2.40. The van der Waals surface area contributed by atoms with E-state index in [1.807, 2.05) is 0 Å². The van der Waals surface area contributed by atoms with Crippen LogP contribution in [0.2, 0.25) is 0 Å². The largest absolute Gasteiger partial charge is 0.496 e. The maximum absolute atomic E-state index is 12.3. The molecule has 0 radical (unpaired) electrons. The van der Waals surface area contributed by atoms with Crippen LogP contribution in [0.4, 0.5) is 5.69 Å². The standard InChI is InChI=1S/C16H24N2O2/c1-3-16(8-4-5-9-16)11-18-15(19)13-7-6-12(17)10-14(13)20-2/h6-7,10H,3-5,8-9,11,17H2,1-2H3,(H,18,19). The smallest absolute Gasteiger partial charge is 0.255 e. The van der Waals surface area contributed by atoms with Crippen molar-refractivity contribution in [2.45, 2.75) is 39.0 Å². The van der Waals surface area contributed by atoms with Gasteiger partial charge in [0, 0.05) is 18.3 Å². The summed E-state index contributed by atoms with van der Waals surface area (Å²) in [6, 6.07) is 5.12. The minimum absolute atomic E-state index is 0.0819. The summed E-state index contributed by atoms with van der Waals surface area (Å²) in [6.45, 7) is 2.96. The number of anilines is 1. The van der Waals surface area contributed by atoms with Gasteiger partial charge in [0.15, 0.2) is 0 Å². The summed E-state index contributed by atoms with van der Waals surface area (Å²) in [7, 11) is 1.55. The van der Waals surface area contributed by atoms with Crippen LogP contribution in [0.15, 0.2) is 18.2 Å². The topological polar surface area (TPSA) is 64.4 Å². The fourth-order valence-corrected chi connectivity index (χ4v) is 3.04. The summed E-state index contributed by atoms with van der Waals surface area (Å²) in [6.07, 6.45) is 6.08. The second-order valence-corrected chi connectivity index (χ2v) is 5.70. The molecule has 0 spiro atoms. The van der Waals surface area contributed by atoms with E-state index in [1.54, 1.807) is 25.3 Å². The van der Waals surface area contributed by atoms with Crippen molar-refractivity contribution in [2.75, 3.05) is 19.4 Å². The molecule has 0 atom stereocenters. The summed E-state index contributed by atoms with van der Waals surface area (Å²) in [5, 5.41) is 3.07. The van der Waals surface area contributed by atoms with Crippen molar-refractivity contribution in [1.29, 1.82) is 0 Å². The first-order valence-electron chi connectivity index (χ1n) is 7.32. The van der Waals surface area contributed by atoms with Gasteiger partial charge in [-0.05, 0) is 36.8 Å². The second kappa shape index (κ2) is 6.16. The minimum Gasteiger partial charge on any atom is -0.496 e. The van der Waals surface area contributed by atoms with Crippen LogP contribution in [-0.2, 0) is 0 Å². The average Bonchev–Trinajstić information content (AvgIpc) is 2.94. The van der Waals surface area contributed by atoms with Crippen molar-refractivity contribution >= 4 is 11.6 Å². The zero-order valence-electron chi connectivity index (χ0n) is 12.4. The highest BCUT2D eigenvalue weighted by atomic mass is 16.5. The first kappa shape index (κ1) is 14.7. The first-order chi connectivity index (χ1) is 9.60. The number of hydrogen-bond donors (Lipinski definition) is 2. The summed E-state index contributed by atoms with van der Waals surface area (Å²) < 4.78 is 5.23. The first-order valence-corrected chi connectivity index (χ1v) is 7.32. The van der Waals surface area contributed by atoms with E-state index in [0.717, 1.165) is 13.0 Å². The van der Waals surface area contributed by atoms with E-state index in [4.69, 9.17) is 10.5 Å². The number of amides is 1. The van der Waals surface area contributed by atoms with Crippen LogP contribution in [0.3, 0.4) is 0 Å². The van der Waals surface area contributed by atoms with Gasteiger partial charge in [-0.1, -0.05) is 19.8 Å². The van der Waals surface area contributed by atoms with E-state index >= 15 is 0 Å². The Kier molecular flexibility index (Phi) is 4.53. The number of carbonyl (C=O) groups excluding carboxylic acids is 1. The molecule has 0 aromatic heterocycles. The SMILES string of the molecule is CCC1(CNC(=O)c2ccc(N)cc2OC)CCCC1. The Labute approximate surface area is 120 Å². The lowest BCUT2D eigenvalue weighted by Crippen LogP contribution is -2.35. The highest BCUT2D eigenvalue weighted by Gasteiger charge is 2.32. The predicted octanol–water partition coefficient (Wildman–Crippen LogP) is 2.98. The van der Waals surface area contributed by atoms with Gasteiger partial charge in [-0.25, -0.2) is 0 Å². The van der Waals surface area contributed by atoms with Gasteiger partial charge < -0.3 is 15.8 Å². The van der Waals surface area contributed by atoms with Crippen molar-refractivity contribution in [2.24, 2.45) is 5.41 Å². The Hall–Kier alpha value is -1.71. The molecular weight excluding hydrogens is 252 g/mol. The van der Waals surface area contributed by atoms with Gasteiger partial charge in [0.2, 0.25) is 0 Å². The van der Waals surface area contributed by atoms with Crippen LogP contribution >= 0.6 is 0 Å². The lowest BCUT2D eigenvalue weighted by molar-refractivity contribution is 0.0926. The van der Waals surface area contributed by atoms with E-state index in [9.17, 15) is 4.79 Å². The Morgan fingerprint density at radius 3 is 2.70 bits per heavy atom.